The smallest absolute Gasteiger partial charge is 0.286 e. The molecule has 9 rings (SSSR count). The summed E-state index contributed by atoms with van der Waals surface area (Å²) < 4.78 is 0. The zero-order valence-electron chi connectivity index (χ0n) is 26.3. The standard InChI is InChI=1S/C32H56N8.Al.3BrH/c1-2-10-18-17(9-1)25-33-26(18)38-28-21-13-5-6-14-22(21)30(35-28)40-32-24-16-8-7-15-23(24)31(36-32)39-29-20-12-4-3-11-19(20)27(34-29)37-25;;;;/h17-40H,1-16H2;;3*1H/q;+3;;;/p-3. The van der Waals surface area contributed by atoms with E-state index in [0.717, 1.165) is 47.3 Å². The van der Waals surface area contributed by atoms with Crippen LogP contribution in [0.4, 0.5) is 0 Å². The van der Waals surface area contributed by atoms with Crippen molar-refractivity contribution in [2.45, 2.75) is 152 Å². The number of hydrogen-bond acceptors (Lipinski definition) is 8. The first-order chi connectivity index (χ1) is 21.5. The minimum atomic E-state index is -0.701. The van der Waals surface area contributed by atoms with Crippen molar-refractivity contribution in [3.05, 3.63) is 0 Å². The van der Waals surface area contributed by atoms with Gasteiger partial charge in [-0.05, 0) is 98.7 Å². The average Bonchev–Trinajstić information content (AvgIpc) is 3.76. The normalized spacial score (nSPS) is 53.0. The Kier molecular flexibility index (Phi) is 10.8. The second kappa shape index (κ2) is 14.5. The lowest BCUT2D eigenvalue weighted by molar-refractivity contribution is 0.167. The molecule has 0 amide bonds. The molecule has 0 spiro atoms. The summed E-state index contributed by atoms with van der Waals surface area (Å²) in [4.78, 5) is 0. The van der Waals surface area contributed by atoms with E-state index in [9.17, 15) is 0 Å². The lowest BCUT2D eigenvalue weighted by Gasteiger charge is -2.35. The van der Waals surface area contributed by atoms with Crippen molar-refractivity contribution in [1.29, 1.82) is 0 Å². The highest BCUT2D eigenvalue weighted by Crippen LogP contribution is 2.45. The summed E-state index contributed by atoms with van der Waals surface area (Å²) in [5.41, 5.74) is 0. The fourth-order valence-corrected chi connectivity index (χ4v) is 12.0. The minimum absolute atomic E-state index is 0.420. The predicted octanol–water partition coefficient (Wildman–Crippen LogP) is 4.76. The number of fused-ring (bicyclic) bond motifs is 20. The zero-order valence-corrected chi connectivity index (χ0v) is 32.2. The Morgan fingerprint density at radius 1 is 0.273 bits per heavy atom. The fraction of sp³-hybridized carbons (Fsp3) is 1.00. The third-order valence-electron chi connectivity index (χ3n) is 13.8. The summed E-state index contributed by atoms with van der Waals surface area (Å²) in [6.45, 7) is 0. The van der Waals surface area contributed by atoms with Gasteiger partial charge in [0.1, 0.15) is 0 Å². The Labute approximate surface area is 290 Å². The van der Waals surface area contributed by atoms with Crippen molar-refractivity contribution in [3.8, 4) is 0 Å². The molecule has 8 N–H and O–H groups in total. The van der Waals surface area contributed by atoms with Crippen LogP contribution in [0.1, 0.15) is 103 Å². The molecule has 9 aliphatic rings. The molecule has 9 fully saturated rings. The Bertz CT molecular complexity index is 773. The predicted molar refractivity (Wildman–Crippen MR) is 190 cm³/mol. The molecule has 8 atom stereocenters. The fourth-order valence-electron chi connectivity index (χ4n) is 12.0. The first-order valence-electron chi connectivity index (χ1n) is 18.5. The van der Waals surface area contributed by atoms with E-state index in [1.165, 1.54) is 103 Å². The van der Waals surface area contributed by atoms with E-state index in [-0.39, 0.29) is 0 Å². The Balaban J connectivity index is 0.000000684. The summed E-state index contributed by atoms with van der Waals surface area (Å²) >= 11 is 9.73. The second-order valence-corrected chi connectivity index (χ2v) is 35.6. The third-order valence-corrected chi connectivity index (χ3v) is 13.8. The molecule has 0 aromatic rings. The van der Waals surface area contributed by atoms with E-state index in [0.29, 0.717) is 49.3 Å². The first-order valence-corrected chi connectivity index (χ1v) is 28.1. The topological polar surface area (TPSA) is 96.2 Å². The summed E-state index contributed by atoms with van der Waals surface area (Å²) in [5.74, 6) is 5.97. The minimum Gasteiger partial charge on any atom is -0.286 e. The van der Waals surface area contributed by atoms with E-state index in [1.54, 1.807) is 0 Å². The van der Waals surface area contributed by atoms with Gasteiger partial charge in [-0.3, -0.25) is 42.5 Å². The highest BCUT2D eigenvalue weighted by atomic mass is 80.0. The van der Waals surface area contributed by atoms with Gasteiger partial charge in [-0.1, -0.05) is 51.4 Å². The summed E-state index contributed by atoms with van der Waals surface area (Å²) in [5, 5.41) is 33.8. The van der Waals surface area contributed by atoms with Crippen LogP contribution in [0.5, 0.6) is 0 Å². The van der Waals surface area contributed by atoms with Gasteiger partial charge in [-0.15, -0.1) is 0 Å². The lowest BCUT2D eigenvalue weighted by Crippen LogP contribution is -2.61. The molecule has 8 bridgehead atoms. The average molecular weight is 820 g/mol. The highest BCUT2D eigenvalue weighted by molar-refractivity contribution is 9.69. The number of nitrogens with one attached hydrogen (secondary N) is 8. The molecule has 5 heterocycles. The molecule has 8 unspecified atom stereocenters. The molecule has 4 aliphatic carbocycles. The van der Waals surface area contributed by atoms with Crippen LogP contribution < -0.4 is 42.5 Å². The van der Waals surface area contributed by atoms with E-state index in [4.69, 9.17) is 0 Å². The van der Waals surface area contributed by atoms with Crippen LogP contribution in [0.15, 0.2) is 0 Å². The van der Waals surface area contributed by atoms with Gasteiger partial charge < -0.3 is 0 Å². The van der Waals surface area contributed by atoms with Crippen LogP contribution in [0, 0.1) is 47.3 Å². The maximum Gasteiger partial charge on any atom is 0.542 e. The molecular formula is C32H56AlBr3N8. The van der Waals surface area contributed by atoms with Crippen molar-refractivity contribution in [2.75, 3.05) is 0 Å². The van der Waals surface area contributed by atoms with Crippen molar-refractivity contribution >= 4 is 50.8 Å². The van der Waals surface area contributed by atoms with E-state index in [2.05, 4.69) is 84.7 Å². The van der Waals surface area contributed by atoms with Crippen LogP contribution in [-0.2, 0) is 0 Å². The molecular weight excluding hydrogens is 763 g/mol. The van der Waals surface area contributed by atoms with Crippen LogP contribution in [0.3, 0.4) is 0 Å². The van der Waals surface area contributed by atoms with Crippen molar-refractivity contribution in [3.63, 3.8) is 0 Å². The van der Waals surface area contributed by atoms with Gasteiger partial charge in [0.2, 0.25) is 0 Å². The largest absolute Gasteiger partial charge is 0.542 e. The third kappa shape index (κ3) is 6.60. The van der Waals surface area contributed by atoms with Crippen LogP contribution in [0.25, 0.3) is 0 Å². The van der Waals surface area contributed by atoms with Crippen molar-refractivity contribution < 1.29 is 0 Å². The Morgan fingerprint density at radius 2 is 0.386 bits per heavy atom. The summed E-state index contributed by atoms with van der Waals surface area (Å²) in [7, 11) is -0.701. The molecule has 5 aliphatic heterocycles. The molecule has 4 saturated carbocycles. The van der Waals surface area contributed by atoms with Crippen LogP contribution >= 0.6 is 42.2 Å². The van der Waals surface area contributed by atoms with Gasteiger partial charge in [0.25, 0.3) is 0 Å². The van der Waals surface area contributed by atoms with Gasteiger partial charge in [0.05, 0.1) is 49.3 Å². The molecule has 44 heavy (non-hydrogen) atoms. The first kappa shape index (κ1) is 32.8. The maximum absolute atomic E-state index is 4.26. The monoisotopic (exact) mass is 816 g/mol. The van der Waals surface area contributed by atoms with E-state index < -0.39 is 8.67 Å². The van der Waals surface area contributed by atoms with Gasteiger partial charge in [0.15, 0.2) is 0 Å². The van der Waals surface area contributed by atoms with Gasteiger partial charge in [0, 0.05) is 0 Å². The lowest BCUT2D eigenvalue weighted by atomic mass is 9.76. The number of rotatable bonds is 0. The van der Waals surface area contributed by atoms with Gasteiger partial charge in [-0.25, -0.2) is 0 Å². The quantitative estimate of drug-likeness (QED) is 0.166. The SMILES string of the molecule is C1CCC2C3NC(NC4NC(NC5NC(NC6NC(N3)C3CCCCC63)C3CCCCC53)C3CCCCC43)C2C1.[Br][Al]([Br])[Br]. The van der Waals surface area contributed by atoms with Crippen LogP contribution in [0.2, 0.25) is 0 Å². The molecule has 5 saturated heterocycles. The highest BCUT2D eigenvalue weighted by Gasteiger charge is 2.54. The number of hydrogen-bond donors (Lipinski definition) is 8. The van der Waals surface area contributed by atoms with E-state index in [1.807, 2.05) is 0 Å². The van der Waals surface area contributed by atoms with E-state index >= 15 is 0 Å². The molecule has 12 heteroatoms. The Hall–Kier alpha value is 1.65. The zero-order chi connectivity index (χ0) is 29.8. The van der Waals surface area contributed by atoms with Crippen molar-refractivity contribution in [2.24, 2.45) is 47.3 Å². The van der Waals surface area contributed by atoms with Crippen LogP contribution in [-0.4, -0.2) is 58.0 Å². The summed E-state index contributed by atoms with van der Waals surface area (Å²) in [6.07, 6.45) is 25.6. The van der Waals surface area contributed by atoms with Gasteiger partial charge >= 0.3 is 8.67 Å². The number of halogens is 3. The molecule has 8 nitrogen and oxygen atoms in total. The van der Waals surface area contributed by atoms with Crippen molar-refractivity contribution in [1.82, 2.24) is 42.5 Å². The molecule has 0 aromatic carbocycles. The molecule has 0 aromatic heterocycles. The second-order valence-electron chi connectivity index (χ2n) is 15.9. The molecule has 248 valence electrons. The maximum atomic E-state index is 4.26. The summed E-state index contributed by atoms with van der Waals surface area (Å²) in [6, 6.07) is 0. The molecule has 0 radical (unpaired) electrons. The Morgan fingerprint density at radius 3 is 0.500 bits per heavy atom. The van der Waals surface area contributed by atoms with Gasteiger partial charge in [-0.2, -0.15) is 42.2 Å².